The van der Waals surface area contributed by atoms with Crippen molar-refractivity contribution in [2.24, 2.45) is 0 Å². The van der Waals surface area contributed by atoms with Crippen LogP contribution in [0.2, 0.25) is 0 Å². The van der Waals surface area contributed by atoms with E-state index >= 15 is 0 Å². The lowest BCUT2D eigenvalue weighted by Crippen LogP contribution is -2.50. The van der Waals surface area contributed by atoms with Gasteiger partial charge in [-0.1, -0.05) is 55.0 Å². The lowest BCUT2D eigenvalue weighted by atomic mass is 10.0. The number of nitrogens with zero attached hydrogens (tertiary/aromatic N) is 1. The first kappa shape index (κ1) is 24.9. The highest BCUT2D eigenvalue weighted by Gasteiger charge is 2.26. The molecule has 2 heterocycles. The van der Waals surface area contributed by atoms with Gasteiger partial charge in [-0.2, -0.15) is 0 Å². The van der Waals surface area contributed by atoms with Crippen LogP contribution in [0.5, 0.6) is 5.75 Å². The van der Waals surface area contributed by atoms with Crippen LogP contribution in [0.15, 0.2) is 72.1 Å². The van der Waals surface area contributed by atoms with Crippen LogP contribution in [0.25, 0.3) is 0 Å². The fraction of sp³-hybridized carbons (Fsp3) is 0.357. The van der Waals surface area contributed by atoms with Gasteiger partial charge in [-0.15, -0.1) is 11.3 Å². The van der Waals surface area contributed by atoms with Crippen LogP contribution in [-0.2, 0) is 11.2 Å². The zero-order chi connectivity index (χ0) is 24.5. The summed E-state index contributed by atoms with van der Waals surface area (Å²) in [4.78, 5) is 29.2. The molecule has 184 valence electrons. The van der Waals surface area contributed by atoms with Gasteiger partial charge in [-0.05, 0) is 60.6 Å². The molecule has 2 amide bonds. The maximum atomic E-state index is 13.4. The topological polar surface area (TPSA) is 70.7 Å². The number of carbonyl (C=O) groups is 2. The molecule has 0 spiro atoms. The van der Waals surface area contributed by atoms with Gasteiger partial charge in [-0.3, -0.25) is 14.5 Å². The van der Waals surface area contributed by atoms with Crippen LogP contribution in [0, 0.1) is 0 Å². The number of piperidine rings is 1. The number of rotatable bonds is 10. The molecule has 1 aromatic heterocycles. The van der Waals surface area contributed by atoms with E-state index < -0.39 is 6.04 Å². The minimum atomic E-state index is -0.662. The Morgan fingerprint density at radius 1 is 0.971 bits per heavy atom. The van der Waals surface area contributed by atoms with Gasteiger partial charge in [0.1, 0.15) is 11.8 Å². The summed E-state index contributed by atoms with van der Waals surface area (Å²) in [6.07, 6.45) is 4.00. The van der Waals surface area contributed by atoms with Crippen molar-refractivity contribution in [1.82, 2.24) is 15.5 Å². The Morgan fingerprint density at radius 2 is 1.71 bits per heavy atom. The standard InChI is InChI=1S/C28H33N3O3S/c1-34-23-14-12-22(13-15-23)25(31-16-6-3-7-17-31)20-29-27(32)24(19-21-9-4-2-5-10-21)30-28(33)26-11-8-18-35-26/h2,4-5,8-15,18,24-25H,3,6-7,16-17,19-20H2,1H3,(H,29,32)(H,30,33). The van der Waals surface area contributed by atoms with Crippen molar-refractivity contribution in [3.63, 3.8) is 0 Å². The normalized spacial score (nSPS) is 15.7. The van der Waals surface area contributed by atoms with Gasteiger partial charge in [0.25, 0.3) is 5.91 Å². The number of hydrogen-bond acceptors (Lipinski definition) is 5. The van der Waals surface area contributed by atoms with E-state index in [2.05, 4.69) is 27.7 Å². The van der Waals surface area contributed by atoms with Crippen molar-refractivity contribution in [3.8, 4) is 5.75 Å². The van der Waals surface area contributed by atoms with Crippen LogP contribution >= 0.6 is 11.3 Å². The lowest BCUT2D eigenvalue weighted by Gasteiger charge is -2.35. The first-order valence-electron chi connectivity index (χ1n) is 12.2. The third-order valence-corrected chi connectivity index (χ3v) is 7.32. The zero-order valence-electron chi connectivity index (χ0n) is 20.1. The SMILES string of the molecule is COc1ccc(C(CNC(=O)C(Cc2ccccc2)NC(=O)c2cccs2)N2CCCCC2)cc1. The molecule has 2 atom stereocenters. The van der Waals surface area contributed by atoms with E-state index in [1.54, 1.807) is 13.2 Å². The Kier molecular flexibility index (Phi) is 8.92. The third kappa shape index (κ3) is 6.93. The van der Waals surface area contributed by atoms with Gasteiger partial charge < -0.3 is 15.4 Å². The summed E-state index contributed by atoms with van der Waals surface area (Å²) in [6.45, 7) is 2.50. The number of hydrogen-bond donors (Lipinski definition) is 2. The molecule has 1 aliphatic heterocycles. The highest BCUT2D eigenvalue weighted by Crippen LogP contribution is 2.26. The molecule has 3 aromatic rings. The van der Waals surface area contributed by atoms with Crippen molar-refractivity contribution in [2.75, 3.05) is 26.7 Å². The highest BCUT2D eigenvalue weighted by molar-refractivity contribution is 7.12. The van der Waals surface area contributed by atoms with E-state index in [-0.39, 0.29) is 17.9 Å². The monoisotopic (exact) mass is 491 g/mol. The summed E-state index contributed by atoms with van der Waals surface area (Å²) in [5.74, 6) is 0.419. The molecule has 1 aliphatic rings. The molecule has 0 radical (unpaired) electrons. The van der Waals surface area contributed by atoms with Gasteiger partial charge in [0.15, 0.2) is 0 Å². The van der Waals surface area contributed by atoms with Crippen LogP contribution in [0.4, 0.5) is 0 Å². The Hall–Kier alpha value is -3.16. The number of nitrogens with one attached hydrogen (secondary N) is 2. The van der Waals surface area contributed by atoms with Gasteiger partial charge >= 0.3 is 0 Å². The second-order valence-corrected chi connectivity index (χ2v) is 9.77. The van der Waals surface area contributed by atoms with Crippen LogP contribution < -0.4 is 15.4 Å². The van der Waals surface area contributed by atoms with E-state index in [1.807, 2.05) is 53.9 Å². The number of thiophene rings is 1. The molecule has 0 saturated carbocycles. The number of amides is 2. The van der Waals surface area contributed by atoms with Crippen LogP contribution in [0.1, 0.15) is 46.1 Å². The van der Waals surface area contributed by atoms with Crippen LogP contribution in [0.3, 0.4) is 0 Å². The van der Waals surface area contributed by atoms with Crippen molar-refractivity contribution in [2.45, 2.75) is 37.8 Å². The van der Waals surface area contributed by atoms with E-state index in [9.17, 15) is 9.59 Å². The molecule has 2 aromatic carbocycles. The first-order chi connectivity index (χ1) is 17.1. The Labute approximate surface area is 211 Å². The quantitative estimate of drug-likeness (QED) is 0.440. The molecular formula is C28H33N3O3S. The molecule has 1 saturated heterocycles. The molecule has 2 N–H and O–H groups in total. The predicted octanol–water partition coefficient (Wildman–Crippen LogP) is 4.44. The third-order valence-electron chi connectivity index (χ3n) is 6.45. The molecule has 6 nitrogen and oxygen atoms in total. The number of benzene rings is 2. The predicted molar refractivity (Wildman–Crippen MR) is 140 cm³/mol. The molecule has 7 heteroatoms. The van der Waals surface area contributed by atoms with Crippen molar-refractivity contribution >= 4 is 23.2 Å². The molecule has 2 unspecified atom stereocenters. The summed E-state index contributed by atoms with van der Waals surface area (Å²) in [5.41, 5.74) is 2.15. The Morgan fingerprint density at radius 3 is 2.37 bits per heavy atom. The number of likely N-dealkylation sites (tertiary alicyclic amines) is 1. The number of ether oxygens (including phenoxy) is 1. The van der Waals surface area contributed by atoms with E-state index in [1.165, 1.54) is 17.8 Å². The van der Waals surface area contributed by atoms with Crippen molar-refractivity contribution in [3.05, 3.63) is 88.1 Å². The average Bonchev–Trinajstić information content (AvgIpc) is 3.45. The van der Waals surface area contributed by atoms with Crippen molar-refractivity contribution < 1.29 is 14.3 Å². The van der Waals surface area contributed by atoms with Crippen molar-refractivity contribution in [1.29, 1.82) is 0 Å². The molecule has 0 aliphatic carbocycles. The minimum Gasteiger partial charge on any atom is -0.497 e. The van der Waals surface area contributed by atoms with E-state index in [0.29, 0.717) is 17.8 Å². The average molecular weight is 492 g/mol. The molecule has 4 rings (SSSR count). The summed E-state index contributed by atoms with van der Waals surface area (Å²) >= 11 is 1.37. The maximum absolute atomic E-state index is 13.4. The summed E-state index contributed by atoms with van der Waals surface area (Å²) in [7, 11) is 1.66. The summed E-state index contributed by atoms with van der Waals surface area (Å²) in [5, 5.41) is 7.97. The highest BCUT2D eigenvalue weighted by atomic mass is 32.1. The van der Waals surface area contributed by atoms with Crippen LogP contribution in [-0.4, -0.2) is 49.5 Å². The first-order valence-corrected chi connectivity index (χ1v) is 13.1. The van der Waals surface area contributed by atoms with Gasteiger partial charge in [-0.25, -0.2) is 0 Å². The van der Waals surface area contributed by atoms with Gasteiger partial charge in [0.2, 0.25) is 5.91 Å². The number of carbonyl (C=O) groups excluding carboxylic acids is 2. The summed E-state index contributed by atoms with van der Waals surface area (Å²) in [6, 6.07) is 20.9. The lowest BCUT2D eigenvalue weighted by molar-refractivity contribution is -0.123. The fourth-order valence-corrected chi connectivity index (χ4v) is 5.16. The molecule has 35 heavy (non-hydrogen) atoms. The Bertz CT molecular complexity index is 1060. The van der Waals surface area contributed by atoms with Gasteiger partial charge in [0, 0.05) is 13.0 Å². The maximum Gasteiger partial charge on any atom is 0.262 e. The number of methoxy groups -OCH3 is 1. The molecule has 0 bridgehead atoms. The molecular weight excluding hydrogens is 458 g/mol. The largest absolute Gasteiger partial charge is 0.497 e. The van der Waals surface area contributed by atoms with E-state index in [4.69, 9.17) is 4.74 Å². The second kappa shape index (κ2) is 12.5. The fourth-order valence-electron chi connectivity index (χ4n) is 4.53. The second-order valence-electron chi connectivity index (χ2n) is 8.82. The molecule has 1 fully saturated rings. The summed E-state index contributed by atoms with van der Waals surface area (Å²) < 4.78 is 5.33. The Balaban J connectivity index is 1.48. The zero-order valence-corrected chi connectivity index (χ0v) is 20.9. The van der Waals surface area contributed by atoms with E-state index in [0.717, 1.165) is 42.8 Å². The van der Waals surface area contributed by atoms with Gasteiger partial charge in [0.05, 0.1) is 18.0 Å². The smallest absolute Gasteiger partial charge is 0.262 e. The minimum absolute atomic E-state index is 0.0653.